The molecular weight excluding hydrogens is 146 g/mol. The van der Waals surface area contributed by atoms with Gasteiger partial charge in [0, 0.05) is 6.04 Å². The van der Waals surface area contributed by atoms with Gasteiger partial charge < -0.3 is 5.73 Å². The van der Waals surface area contributed by atoms with E-state index in [2.05, 4.69) is 6.92 Å². The normalized spacial score (nSPS) is 29.5. The highest BCUT2D eigenvalue weighted by Gasteiger charge is 2.20. The summed E-state index contributed by atoms with van der Waals surface area (Å²) < 4.78 is 0. The summed E-state index contributed by atoms with van der Waals surface area (Å²) in [6, 6.07) is 0.529. The molecule has 1 heteroatoms. The summed E-state index contributed by atoms with van der Waals surface area (Å²) in [5, 5.41) is 0. The highest BCUT2D eigenvalue weighted by atomic mass is 14.6. The number of hydrogen-bond donors (Lipinski definition) is 1. The average molecular weight is 169 g/mol. The fourth-order valence-corrected chi connectivity index (χ4v) is 2.24. The third-order valence-electron chi connectivity index (χ3n) is 3.05. The minimum atomic E-state index is 0.529. The Hall–Kier alpha value is -0.0400. The monoisotopic (exact) mass is 169 g/mol. The first-order chi connectivity index (χ1) is 5.83. The molecule has 0 aromatic heterocycles. The van der Waals surface area contributed by atoms with Gasteiger partial charge in [0.05, 0.1) is 0 Å². The van der Waals surface area contributed by atoms with Crippen molar-refractivity contribution in [1.29, 1.82) is 0 Å². The van der Waals surface area contributed by atoms with E-state index in [1.165, 1.54) is 51.4 Å². The summed E-state index contributed by atoms with van der Waals surface area (Å²) in [6.07, 6.45) is 11.0. The van der Waals surface area contributed by atoms with Crippen LogP contribution in [0.2, 0.25) is 0 Å². The van der Waals surface area contributed by atoms with E-state index in [0.717, 1.165) is 5.92 Å². The van der Waals surface area contributed by atoms with E-state index in [1.807, 2.05) is 0 Å². The summed E-state index contributed by atoms with van der Waals surface area (Å²) >= 11 is 0. The Morgan fingerprint density at radius 2 is 2.00 bits per heavy atom. The van der Waals surface area contributed by atoms with Crippen molar-refractivity contribution in [3.63, 3.8) is 0 Å². The van der Waals surface area contributed by atoms with Gasteiger partial charge in [-0.2, -0.15) is 0 Å². The molecule has 0 spiro atoms. The predicted molar refractivity (Wildman–Crippen MR) is 54.1 cm³/mol. The van der Waals surface area contributed by atoms with Crippen LogP contribution in [0.5, 0.6) is 0 Å². The van der Waals surface area contributed by atoms with Crippen LogP contribution in [-0.4, -0.2) is 6.04 Å². The van der Waals surface area contributed by atoms with Gasteiger partial charge in [-0.1, -0.05) is 39.0 Å². The van der Waals surface area contributed by atoms with E-state index in [9.17, 15) is 0 Å². The van der Waals surface area contributed by atoms with Gasteiger partial charge >= 0.3 is 0 Å². The second-order valence-electron chi connectivity index (χ2n) is 4.29. The molecular formula is C11H23N. The second kappa shape index (κ2) is 5.58. The van der Waals surface area contributed by atoms with Crippen molar-refractivity contribution in [3.8, 4) is 0 Å². The molecule has 72 valence electrons. The lowest BCUT2D eigenvalue weighted by Gasteiger charge is -2.07. The Morgan fingerprint density at radius 3 is 2.58 bits per heavy atom. The molecule has 2 atom stereocenters. The zero-order valence-corrected chi connectivity index (χ0v) is 8.39. The molecule has 0 radical (unpaired) electrons. The average Bonchev–Trinajstić information content (AvgIpc) is 2.45. The molecule has 0 bridgehead atoms. The summed E-state index contributed by atoms with van der Waals surface area (Å²) in [4.78, 5) is 0. The van der Waals surface area contributed by atoms with Crippen molar-refractivity contribution in [2.45, 2.75) is 64.3 Å². The fourth-order valence-electron chi connectivity index (χ4n) is 2.24. The molecule has 12 heavy (non-hydrogen) atoms. The largest absolute Gasteiger partial charge is 0.328 e. The molecule has 0 saturated heterocycles. The topological polar surface area (TPSA) is 26.0 Å². The maximum Gasteiger partial charge on any atom is 0.00415 e. The molecule has 2 unspecified atom stereocenters. The maximum atomic E-state index is 5.86. The molecule has 0 heterocycles. The van der Waals surface area contributed by atoms with Crippen LogP contribution in [-0.2, 0) is 0 Å². The highest BCUT2D eigenvalue weighted by Crippen LogP contribution is 2.28. The van der Waals surface area contributed by atoms with Crippen molar-refractivity contribution in [1.82, 2.24) is 0 Å². The van der Waals surface area contributed by atoms with Gasteiger partial charge in [-0.3, -0.25) is 0 Å². The molecule has 0 aromatic carbocycles. The third kappa shape index (κ3) is 3.57. The Kier molecular flexibility index (Phi) is 4.67. The van der Waals surface area contributed by atoms with Gasteiger partial charge in [-0.05, 0) is 25.2 Å². The smallest absolute Gasteiger partial charge is 0.00415 e. The zero-order chi connectivity index (χ0) is 8.81. The Morgan fingerprint density at radius 1 is 1.17 bits per heavy atom. The molecule has 1 saturated carbocycles. The van der Waals surface area contributed by atoms with Gasteiger partial charge in [0.25, 0.3) is 0 Å². The van der Waals surface area contributed by atoms with Gasteiger partial charge in [-0.25, -0.2) is 0 Å². The molecule has 0 aromatic rings. The SMILES string of the molecule is CCCCCCC1CCC(N)C1. The van der Waals surface area contributed by atoms with E-state index in [-0.39, 0.29) is 0 Å². The third-order valence-corrected chi connectivity index (χ3v) is 3.05. The lowest BCUT2D eigenvalue weighted by atomic mass is 9.99. The van der Waals surface area contributed by atoms with Crippen LogP contribution in [0.3, 0.4) is 0 Å². The Balaban J connectivity index is 1.93. The van der Waals surface area contributed by atoms with Crippen LogP contribution in [0, 0.1) is 5.92 Å². The first-order valence-electron chi connectivity index (χ1n) is 5.58. The molecule has 1 rings (SSSR count). The van der Waals surface area contributed by atoms with Crippen LogP contribution in [0.4, 0.5) is 0 Å². The Bertz CT molecular complexity index is 112. The first-order valence-corrected chi connectivity index (χ1v) is 5.58. The van der Waals surface area contributed by atoms with Crippen LogP contribution in [0.1, 0.15) is 58.3 Å². The number of unbranched alkanes of at least 4 members (excludes halogenated alkanes) is 3. The first kappa shape index (κ1) is 10.0. The van der Waals surface area contributed by atoms with Crippen LogP contribution >= 0.6 is 0 Å². The van der Waals surface area contributed by atoms with Crippen LogP contribution < -0.4 is 5.73 Å². The van der Waals surface area contributed by atoms with Gasteiger partial charge in [0.15, 0.2) is 0 Å². The summed E-state index contributed by atoms with van der Waals surface area (Å²) in [5.74, 6) is 0.969. The number of nitrogens with two attached hydrogens (primary N) is 1. The van der Waals surface area contributed by atoms with Crippen molar-refractivity contribution in [2.75, 3.05) is 0 Å². The molecule has 2 N–H and O–H groups in total. The van der Waals surface area contributed by atoms with Crippen LogP contribution in [0.25, 0.3) is 0 Å². The molecule has 1 nitrogen and oxygen atoms in total. The minimum absolute atomic E-state index is 0.529. The summed E-state index contributed by atoms with van der Waals surface area (Å²) in [6.45, 7) is 2.27. The van der Waals surface area contributed by atoms with Crippen molar-refractivity contribution in [3.05, 3.63) is 0 Å². The van der Waals surface area contributed by atoms with Gasteiger partial charge in [-0.15, -0.1) is 0 Å². The highest BCUT2D eigenvalue weighted by molar-refractivity contribution is 4.77. The van der Waals surface area contributed by atoms with Gasteiger partial charge in [0.2, 0.25) is 0 Å². The number of rotatable bonds is 5. The van der Waals surface area contributed by atoms with E-state index in [1.54, 1.807) is 0 Å². The Labute approximate surface area is 76.7 Å². The molecule has 1 fully saturated rings. The summed E-state index contributed by atoms with van der Waals surface area (Å²) in [7, 11) is 0. The van der Waals surface area contributed by atoms with E-state index < -0.39 is 0 Å². The quantitative estimate of drug-likeness (QED) is 0.629. The molecule has 1 aliphatic carbocycles. The second-order valence-corrected chi connectivity index (χ2v) is 4.29. The van der Waals surface area contributed by atoms with Crippen molar-refractivity contribution >= 4 is 0 Å². The molecule has 0 aliphatic heterocycles. The maximum absolute atomic E-state index is 5.86. The standard InChI is InChI=1S/C11H23N/c1-2-3-4-5-6-10-7-8-11(12)9-10/h10-11H,2-9,12H2,1H3. The lowest BCUT2D eigenvalue weighted by molar-refractivity contribution is 0.461. The van der Waals surface area contributed by atoms with E-state index >= 15 is 0 Å². The molecule has 1 aliphatic rings. The van der Waals surface area contributed by atoms with Crippen molar-refractivity contribution in [2.24, 2.45) is 11.7 Å². The minimum Gasteiger partial charge on any atom is -0.328 e. The lowest BCUT2D eigenvalue weighted by Crippen LogP contribution is -2.14. The van der Waals surface area contributed by atoms with E-state index in [0.29, 0.717) is 6.04 Å². The number of hydrogen-bond acceptors (Lipinski definition) is 1. The van der Waals surface area contributed by atoms with E-state index in [4.69, 9.17) is 5.73 Å². The fraction of sp³-hybridized carbons (Fsp3) is 1.00. The summed E-state index contributed by atoms with van der Waals surface area (Å²) in [5.41, 5.74) is 5.86. The molecule has 0 amide bonds. The van der Waals surface area contributed by atoms with Crippen molar-refractivity contribution < 1.29 is 0 Å². The van der Waals surface area contributed by atoms with Gasteiger partial charge in [0.1, 0.15) is 0 Å². The predicted octanol–water partition coefficient (Wildman–Crippen LogP) is 3.08. The zero-order valence-electron chi connectivity index (χ0n) is 8.39. The van der Waals surface area contributed by atoms with Crippen LogP contribution in [0.15, 0.2) is 0 Å².